The van der Waals surface area contributed by atoms with Gasteiger partial charge in [-0.05, 0) is 18.6 Å². The maximum atomic E-state index is 11.2. The molecule has 5 nitrogen and oxygen atoms in total. The van der Waals surface area contributed by atoms with Crippen molar-refractivity contribution in [3.05, 3.63) is 23.7 Å². The first-order chi connectivity index (χ1) is 7.72. The lowest BCUT2D eigenvalue weighted by atomic mass is 9.98. The van der Waals surface area contributed by atoms with Crippen molar-refractivity contribution in [3.8, 4) is 0 Å². The van der Waals surface area contributed by atoms with Crippen LogP contribution in [-0.4, -0.2) is 26.3 Å². The molecule has 0 bridgehead atoms. The summed E-state index contributed by atoms with van der Waals surface area (Å²) in [6, 6.07) is 3.08. The van der Waals surface area contributed by atoms with E-state index in [1.54, 1.807) is 12.1 Å². The van der Waals surface area contributed by atoms with Crippen molar-refractivity contribution in [3.63, 3.8) is 0 Å². The second-order valence-electron chi connectivity index (χ2n) is 3.84. The maximum Gasteiger partial charge on any atom is 0.373 e. The fraction of sp³-hybridized carbons (Fsp3) is 0.545. The molecule has 0 amide bonds. The Bertz CT molecular complexity index is 368. The lowest BCUT2D eigenvalue weighted by molar-refractivity contribution is 0.0561. The van der Waals surface area contributed by atoms with Gasteiger partial charge in [-0.1, -0.05) is 0 Å². The van der Waals surface area contributed by atoms with Crippen LogP contribution in [0.25, 0.3) is 0 Å². The van der Waals surface area contributed by atoms with Crippen molar-refractivity contribution >= 4 is 5.97 Å². The van der Waals surface area contributed by atoms with Gasteiger partial charge in [0.25, 0.3) is 0 Å². The first-order valence-electron chi connectivity index (χ1n) is 5.23. The lowest BCUT2D eigenvalue weighted by Crippen LogP contribution is -2.21. The molecule has 0 aliphatic carbocycles. The molecule has 0 spiro atoms. The van der Waals surface area contributed by atoms with Crippen molar-refractivity contribution < 1.29 is 18.7 Å². The molecule has 88 valence electrons. The van der Waals surface area contributed by atoms with Gasteiger partial charge in [-0.15, -0.1) is 0 Å². The van der Waals surface area contributed by atoms with Gasteiger partial charge in [0, 0.05) is 12.5 Å². The summed E-state index contributed by atoms with van der Waals surface area (Å²) in [5, 5.41) is 0. The molecule has 1 aliphatic rings. The normalized spacial score (nSPS) is 22.0. The largest absolute Gasteiger partial charge is 0.463 e. The molecule has 1 saturated heterocycles. The van der Waals surface area contributed by atoms with Gasteiger partial charge in [0.15, 0.2) is 0 Å². The molecule has 2 heterocycles. The number of furan rings is 1. The molecular formula is C11H15NO4. The minimum atomic E-state index is -0.485. The summed E-state index contributed by atoms with van der Waals surface area (Å²) < 4.78 is 15.2. The fourth-order valence-corrected chi connectivity index (χ4v) is 1.81. The van der Waals surface area contributed by atoms with E-state index in [4.69, 9.17) is 14.9 Å². The number of ether oxygens (including phenoxy) is 2. The predicted octanol–water partition coefficient (Wildman–Crippen LogP) is 1.10. The zero-order valence-electron chi connectivity index (χ0n) is 9.14. The van der Waals surface area contributed by atoms with E-state index in [1.807, 2.05) is 0 Å². The number of esters is 1. The van der Waals surface area contributed by atoms with Crippen LogP contribution in [-0.2, 0) is 9.47 Å². The summed E-state index contributed by atoms with van der Waals surface area (Å²) in [6.45, 7) is 1.39. The summed E-state index contributed by atoms with van der Waals surface area (Å²) in [5.74, 6) is 0.570. The molecule has 16 heavy (non-hydrogen) atoms. The molecule has 2 N–H and O–H groups in total. The Labute approximate surface area is 93.5 Å². The molecule has 0 saturated carbocycles. The standard InChI is InChI=1S/C11H15NO4/c1-14-11(13)9-3-2-8(16-9)10(12)7-4-5-15-6-7/h2-3,7,10H,4-6,12H2,1H3. The van der Waals surface area contributed by atoms with Gasteiger partial charge in [-0.2, -0.15) is 0 Å². The summed E-state index contributed by atoms with van der Waals surface area (Å²) in [7, 11) is 1.31. The quantitative estimate of drug-likeness (QED) is 0.780. The number of nitrogens with two attached hydrogens (primary N) is 1. The second kappa shape index (κ2) is 4.67. The molecule has 2 rings (SSSR count). The van der Waals surface area contributed by atoms with E-state index in [9.17, 15) is 4.79 Å². The van der Waals surface area contributed by atoms with Crippen molar-refractivity contribution in [1.82, 2.24) is 0 Å². The third-order valence-corrected chi connectivity index (χ3v) is 2.81. The molecule has 1 aromatic heterocycles. The Kier molecular flexibility index (Phi) is 3.26. The number of carbonyl (C=O) groups excluding carboxylic acids is 1. The van der Waals surface area contributed by atoms with Crippen LogP contribution in [0.15, 0.2) is 16.5 Å². The fourth-order valence-electron chi connectivity index (χ4n) is 1.81. The summed E-state index contributed by atoms with van der Waals surface area (Å²) in [5.41, 5.74) is 6.03. The molecule has 0 aromatic carbocycles. The third kappa shape index (κ3) is 2.10. The van der Waals surface area contributed by atoms with E-state index in [2.05, 4.69) is 4.74 Å². The smallest absolute Gasteiger partial charge is 0.373 e. The highest BCUT2D eigenvalue weighted by Crippen LogP contribution is 2.27. The Morgan fingerprint density at radius 1 is 1.62 bits per heavy atom. The highest BCUT2D eigenvalue weighted by atomic mass is 16.5. The van der Waals surface area contributed by atoms with Gasteiger partial charge in [0.2, 0.25) is 5.76 Å². The molecule has 1 aromatic rings. The average molecular weight is 225 g/mol. The molecule has 2 atom stereocenters. The molecule has 5 heteroatoms. The van der Waals surface area contributed by atoms with Crippen LogP contribution in [0.1, 0.15) is 28.8 Å². The topological polar surface area (TPSA) is 74.7 Å². The summed E-state index contributed by atoms with van der Waals surface area (Å²) >= 11 is 0. The zero-order chi connectivity index (χ0) is 11.5. The van der Waals surface area contributed by atoms with Gasteiger partial charge in [-0.3, -0.25) is 0 Å². The van der Waals surface area contributed by atoms with Gasteiger partial charge in [0.05, 0.1) is 19.8 Å². The van der Waals surface area contributed by atoms with E-state index < -0.39 is 5.97 Å². The predicted molar refractivity (Wildman–Crippen MR) is 55.9 cm³/mol. The summed E-state index contributed by atoms with van der Waals surface area (Å²) in [6.07, 6.45) is 0.926. The minimum absolute atomic E-state index is 0.187. The molecular weight excluding hydrogens is 210 g/mol. The monoisotopic (exact) mass is 225 g/mol. The third-order valence-electron chi connectivity index (χ3n) is 2.81. The van der Waals surface area contributed by atoms with E-state index in [1.165, 1.54) is 7.11 Å². The van der Waals surface area contributed by atoms with Gasteiger partial charge in [0.1, 0.15) is 5.76 Å². The molecule has 0 radical (unpaired) electrons. The van der Waals surface area contributed by atoms with Crippen molar-refractivity contribution in [2.75, 3.05) is 20.3 Å². The van der Waals surface area contributed by atoms with Crippen molar-refractivity contribution in [2.45, 2.75) is 12.5 Å². The van der Waals surface area contributed by atoms with Gasteiger partial charge in [-0.25, -0.2) is 4.79 Å². The Morgan fingerprint density at radius 3 is 3.06 bits per heavy atom. The van der Waals surface area contributed by atoms with Crippen molar-refractivity contribution in [2.24, 2.45) is 11.7 Å². The van der Waals surface area contributed by atoms with Crippen LogP contribution in [0.4, 0.5) is 0 Å². The van der Waals surface area contributed by atoms with Crippen molar-refractivity contribution in [1.29, 1.82) is 0 Å². The average Bonchev–Trinajstić information content (AvgIpc) is 2.97. The number of hydrogen-bond donors (Lipinski definition) is 1. The Morgan fingerprint density at radius 2 is 2.44 bits per heavy atom. The highest BCUT2D eigenvalue weighted by Gasteiger charge is 2.27. The Balaban J connectivity index is 2.08. The lowest BCUT2D eigenvalue weighted by Gasteiger charge is -2.14. The number of hydrogen-bond acceptors (Lipinski definition) is 5. The highest BCUT2D eigenvalue weighted by molar-refractivity contribution is 5.86. The van der Waals surface area contributed by atoms with E-state index >= 15 is 0 Å². The summed E-state index contributed by atoms with van der Waals surface area (Å²) in [4.78, 5) is 11.2. The van der Waals surface area contributed by atoms with Crippen LogP contribution >= 0.6 is 0 Å². The Hall–Kier alpha value is -1.33. The van der Waals surface area contributed by atoms with Crippen LogP contribution in [0.5, 0.6) is 0 Å². The van der Waals surface area contributed by atoms with E-state index in [-0.39, 0.29) is 17.7 Å². The van der Waals surface area contributed by atoms with Crippen LogP contribution in [0.2, 0.25) is 0 Å². The minimum Gasteiger partial charge on any atom is -0.463 e. The van der Waals surface area contributed by atoms with E-state index in [0.717, 1.165) is 13.0 Å². The van der Waals surface area contributed by atoms with Gasteiger partial charge >= 0.3 is 5.97 Å². The second-order valence-corrected chi connectivity index (χ2v) is 3.84. The molecule has 1 fully saturated rings. The van der Waals surface area contributed by atoms with E-state index in [0.29, 0.717) is 12.4 Å². The van der Waals surface area contributed by atoms with Crippen LogP contribution in [0.3, 0.4) is 0 Å². The SMILES string of the molecule is COC(=O)c1ccc(C(N)C2CCOC2)o1. The number of carbonyl (C=O) groups is 1. The molecule has 2 unspecified atom stereocenters. The molecule has 1 aliphatic heterocycles. The first kappa shape index (κ1) is 11.2. The first-order valence-corrected chi connectivity index (χ1v) is 5.23. The van der Waals surface area contributed by atoms with Crippen LogP contribution in [0, 0.1) is 5.92 Å². The number of methoxy groups -OCH3 is 1. The van der Waals surface area contributed by atoms with Gasteiger partial charge < -0.3 is 19.6 Å². The van der Waals surface area contributed by atoms with Crippen LogP contribution < -0.4 is 5.73 Å². The zero-order valence-corrected chi connectivity index (χ0v) is 9.14. The maximum absolute atomic E-state index is 11.2. The number of rotatable bonds is 3.